The van der Waals surface area contributed by atoms with Crippen molar-refractivity contribution < 1.29 is 4.74 Å². The van der Waals surface area contributed by atoms with Gasteiger partial charge in [0.25, 0.3) is 0 Å². The van der Waals surface area contributed by atoms with Crippen molar-refractivity contribution in [2.75, 3.05) is 6.61 Å². The molecule has 1 nitrogen and oxygen atoms in total. The van der Waals surface area contributed by atoms with E-state index in [1.807, 2.05) is 0 Å². The van der Waals surface area contributed by atoms with Crippen LogP contribution in [0.4, 0.5) is 0 Å². The molecule has 0 saturated heterocycles. The van der Waals surface area contributed by atoms with E-state index < -0.39 is 0 Å². The van der Waals surface area contributed by atoms with Crippen molar-refractivity contribution in [2.45, 2.75) is 117 Å². The fourth-order valence-electron chi connectivity index (χ4n) is 3.58. The van der Waals surface area contributed by atoms with Crippen molar-refractivity contribution >= 4 is 0 Å². The van der Waals surface area contributed by atoms with Gasteiger partial charge in [0.05, 0.1) is 5.60 Å². The largest absolute Gasteiger partial charge is 0.371 e. The van der Waals surface area contributed by atoms with E-state index in [1.54, 1.807) is 5.57 Å². The second-order valence-corrected chi connectivity index (χ2v) is 7.52. The highest BCUT2D eigenvalue weighted by atomic mass is 16.5. The van der Waals surface area contributed by atoms with Crippen LogP contribution in [0.1, 0.15) is 111 Å². The van der Waals surface area contributed by atoms with Crippen LogP contribution in [-0.4, -0.2) is 12.2 Å². The van der Waals surface area contributed by atoms with E-state index in [-0.39, 0.29) is 5.60 Å². The molecule has 0 N–H and O–H groups in total. The van der Waals surface area contributed by atoms with E-state index in [4.69, 9.17) is 4.74 Å². The number of ether oxygens (including phenoxy) is 1. The zero-order valence-electron chi connectivity index (χ0n) is 15.8. The Morgan fingerprint density at radius 3 is 2.00 bits per heavy atom. The molecule has 22 heavy (non-hydrogen) atoms. The Morgan fingerprint density at radius 2 is 1.41 bits per heavy atom. The number of rotatable bonds is 12. The Labute approximate surface area is 139 Å². The minimum atomic E-state index is 0.0294. The first-order valence-electron chi connectivity index (χ1n) is 9.91. The van der Waals surface area contributed by atoms with Crippen molar-refractivity contribution in [3.63, 3.8) is 0 Å². The highest BCUT2D eigenvalue weighted by Gasteiger charge is 2.30. The Balaban J connectivity index is 1.98. The van der Waals surface area contributed by atoms with Gasteiger partial charge in [0.1, 0.15) is 0 Å². The smallest absolute Gasteiger partial charge is 0.0863 e. The Kier molecular flexibility index (Phi) is 10.1. The van der Waals surface area contributed by atoms with Crippen molar-refractivity contribution in [1.82, 2.24) is 0 Å². The van der Waals surface area contributed by atoms with E-state index in [1.165, 1.54) is 89.0 Å². The summed E-state index contributed by atoms with van der Waals surface area (Å²) in [7, 11) is 0. The first-order valence-corrected chi connectivity index (χ1v) is 9.91. The van der Waals surface area contributed by atoms with Gasteiger partial charge in [-0.2, -0.15) is 0 Å². The van der Waals surface area contributed by atoms with Gasteiger partial charge in [-0.3, -0.25) is 0 Å². The molecule has 1 unspecified atom stereocenters. The van der Waals surface area contributed by atoms with Gasteiger partial charge in [0, 0.05) is 6.61 Å². The normalized spacial score (nSPS) is 22.4. The van der Waals surface area contributed by atoms with Gasteiger partial charge in [-0.15, -0.1) is 0 Å². The van der Waals surface area contributed by atoms with E-state index in [0.717, 1.165) is 6.61 Å². The van der Waals surface area contributed by atoms with Crippen LogP contribution < -0.4 is 0 Å². The second kappa shape index (κ2) is 11.3. The van der Waals surface area contributed by atoms with Crippen LogP contribution in [-0.2, 0) is 4.74 Å². The first-order chi connectivity index (χ1) is 10.6. The second-order valence-electron chi connectivity index (χ2n) is 7.52. The average Bonchev–Trinajstić information content (AvgIpc) is 2.50. The molecule has 0 saturated carbocycles. The molecule has 130 valence electrons. The molecule has 0 heterocycles. The van der Waals surface area contributed by atoms with Gasteiger partial charge in [0.2, 0.25) is 0 Å². The van der Waals surface area contributed by atoms with Crippen LogP contribution in [0.15, 0.2) is 11.1 Å². The molecule has 0 aliphatic heterocycles. The highest BCUT2D eigenvalue weighted by Crippen LogP contribution is 2.36. The molecule has 0 amide bonds. The molecule has 1 atom stereocenters. The summed E-state index contributed by atoms with van der Waals surface area (Å²) < 4.78 is 6.27. The summed E-state index contributed by atoms with van der Waals surface area (Å²) in [6.45, 7) is 10.1. The van der Waals surface area contributed by atoms with Crippen molar-refractivity contribution in [3.05, 3.63) is 11.1 Å². The van der Waals surface area contributed by atoms with Crippen molar-refractivity contribution in [3.8, 4) is 0 Å². The summed E-state index contributed by atoms with van der Waals surface area (Å²) >= 11 is 0. The van der Waals surface area contributed by atoms with E-state index in [0.29, 0.717) is 0 Å². The molecule has 0 aromatic heterocycles. The molecule has 1 aliphatic rings. The maximum atomic E-state index is 6.27. The quantitative estimate of drug-likeness (QED) is 0.273. The van der Waals surface area contributed by atoms with Gasteiger partial charge in [-0.05, 0) is 52.0 Å². The summed E-state index contributed by atoms with van der Waals surface area (Å²) in [6.07, 6.45) is 17.7. The molecule has 0 aromatic carbocycles. The Morgan fingerprint density at radius 1 is 0.864 bits per heavy atom. The monoisotopic (exact) mass is 308 g/mol. The lowest BCUT2D eigenvalue weighted by molar-refractivity contribution is -0.0170. The number of allylic oxidation sites excluding steroid dienone is 1. The van der Waals surface area contributed by atoms with Crippen molar-refractivity contribution in [1.29, 1.82) is 0 Å². The van der Waals surface area contributed by atoms with Crippen LogP contribution in [0.25, 0.3) is 0 Å². The van der Waals surface area contributed by atoms with Gasteiger partial charge in [0.15, 0.2) is 0 Å². The third kappa shape index (κ3) is 7.31. The van der Waals surface area contributed by atoms with Gasteiger partial charge >= 0.3 is 0 Å². The molecule has 0 spiro atoms. The zero-order chi connectivity index (χ0) is 16.3. The lowest BCUT2D eigenvalue weighted by Gasteiger charge is -2.36. The molecule has 1 heteroatoms. The molecule has 0 bridgehead atoms. The third-order valence-corrected chi connectivity index (χ3v) is 5.56. The highest BCUT2D eigenvalue weighted by molar-refractivity contribution is 5.23. The van der Waals surface area contributed by atoms with Crippen LogP contribution in [0, 0.1) is 0 Å². The van der Waals surface area contributed by atoms with Crippen LogP contribution in [0.3, 0.4) is 0 Å². The predicted molar refractivity (Wildman–Crippen MR) is 98.4 cm³/mol. The van der Waals surface area contributed by atoms with Crippen molar-refractivity contribution in [2.24, 2.45) is 0 Å². The lowest BCUT2D eigenvalue weighted by Crippen LogP contribution is -2.33. The van der Waals surface area contributed by atoms with Gasteiger partial charge in [-0.25, -0.2) is 0 Å². The summed E-state index contributed by atoms with van der Waals surface area (Å²) in [4.78, 5) is 0. The van der Waals surface area contributed by atoms with Crippen LogP contribution >= 0.6 is 0 Å². The van der Waals surface area contributed by atoms with Gasteiger partial charge < -0.3 is 4.74 Å². The number of unbranched alkanes of at least 4 members (excludes halogenated alkanes) is 9. The summed E-state index contributed by atoms with van der Waals surface area (Å²) in [5.41, 5.74) is 3.07. The minimum Gasteiger partial charge on any atom is -0.371 e. The van der Waals surface area contributed by atoms with Crippen LogP contribution in [0.2, 0.25) is 0 Å². The molecular formula is C21H40O. The molecule has 0 radical (unpaired) electrons. The molecule has 0 aromatic rings. The summed E-state index contributed by atoms with van der Waals surface area (Å²) in [6, 6.07) is 0. The fourth-order valence-corrected chi connectivity index (χ4v) is 3.58. The summed E-state index contributed by atoms with van der Waals surface area (Å²) in [5, 5.41) is 0. The SMILES string of the molecule is CCCCCCCCCCCCOC1(C)CCCC(C)=C1C. The number of hydrogen-bond donors (Lipinski definition) is 0. The van der Waals surface area contributed by atoms with Crippen LogP contribution in [0.5, 0.6) is 0 Å². The fraction of sp³-hybridized carbons (Fsp3) is 0.905. The van der Waals surface area contributed by atoms with E-state index in [9.17, 15) is 0 Å². The zero-order valence-corrected chi connectivity index (χ0v) is 15.8. The van der Waals surface area contributed by atoms with E-state index >= 15 is 0 Å². The van der Waals surface area contributed by atoms with E-state index in [2.05, 4.69) is 27.7 Å². The number of hydrogen-bond acceptors (Lipinski definition) is 1. The first kappa shape index (κ1) is 19.7. The Hall–Kier alpha value is -0.300. The molecule has 1 aliphatic carbocycles. The molecular weight excluding hydrogens is 268 g/mol. The predicted octanol–water partition coefficient (Wildman–Crippen LogP) is 7.20. The standard InChI is InChI=1S/C21H40O/c1-5-6-7-8-9-10-11-12-13-14-18-22-21(4)17-15-16-19(2)20(21)3/h5-18H2,1-4H3. The topological polar surface area (TPSA) is 9.23 Å². The summed E-state index contributed by atoms with van der Waals surface area (Å²) in [5.74, 6) is 0. The molecule has 0 fully saturated rings. The van der Waals surface area contributed by atoms with Gasteiger partial charge in [-0.1, -0.05) is 70.3 Å². The third-order valence-electron chi connectivity index (χ3n) is 5.56. The molecule has 1 rings (SSSR count). The maximum Gasteiger partial charge on any atom is 0.0863 e. The average molecular weight is 309 g/mol. The minimum absolute atomic E-state index is 0.0294. The maximum absolute atomic E-state index is 6.27. The Bertz CT molecular complexity index is 318. The lowest BCUT2D eigenvalue weighted by atomic mass is 9.81.